The summed E-state index contributed by atoms with van der Waals surface area (Å²) in [4.78, 5) is 3.60. The van der Waals surface area contributed by atoms with Crippen LogP contribution in [0.3, 0.4) is 0 Å². The van der Waals surface area contributed by atoms with Crippen molar-refractivity contribution in [2.45, 2.75) is 0 Å². The maximum Gasteiger partial charge on any atom is 0.0471 e. The molecule has 0 unspecified atom stereocenters. The Morgan fingerprint density at radius 2 is 1.06 bits per heavy atom. The van der Waals surface area contributed by atoms with Gasteiger partial charge in [-0.15, -0.1) is 0 Å². The highest BCUT2D eigenvalue weighted by atomic mass is 79.9. The molecule has 0 spiro atoms. The number of halogens is 1. The Balaban J connectivity index is 1.74. The second kappa shape index (κ2) is 7.81. The highest BCUT2D eigenvalue weighted by molar-refractivity contribution is 9.10. The van der Waals surface area contributed by atoms with Crippen LogP contribution in [0.15, 0.2) is 120 Å². The number of hydrogen-bond donors (Lipinski definition) is 1. The summed E-state index contributed by atoms with van der Waals surface area (Å²) >= 11 is 4.03. The van der Waals surface area contributed by atoms with Crippen molar-refractivity contribution in [3.63, 3.8) is 0 Å². The maximum absolute atomic E-state index is 4.03. The molecule has 32 heavy (non-hydrogen) atoms. The molecule has 2 heteroatoms. The predicted octanol–water partition coefficient (Wildman–Crippen LogP) is 9.08. The number of para-hydroxylation sites is 1. The molecule has 0 saturated carbocycles. The first-order chi connectivity index (χ1) is 15.8. The van der Waals surface area contributed by atoms with E-state index in [9.17, 15) is 0 Å². The van der Waals surface area contributed by atoms with Crippen molar-refractivity contribution in [3.05, 3.63) is 120 Å². The lowest BCUT2D eigenvalue weighted by atomic mass is 9.89. The van der Waals surface area contributed by atoms with Gasteiger partial charge in [-0.3, -0.25) is 0 Å². The van der Waals surface area contributed by atoms with E-state index < -0.39 is 0 Å². The summed E-state index contributed by atoms with van der Waals surface area (Å²) in [6.45, 7) is 0. The topological polar surface area (TPSA) is 15.8 Å². The molecule has 0 amide bonds. The van der Waals surface area contributed by atoms with Crippen LogP contribution in [0.4, 0.5) is 0 Å². The van der Waals surface area contributed by atoms with E-state index >= 15 is 0 Å². The average molecular weight is 474 g/mol. The molecule has 0 atom stereocenters. The van der Waals surface area contributed by atoms with Crippen molar-refractivity contribution in [2.24, 2.45) is 0 Å². The standard InChI is InChI=1S/C30H20BrN/c31-30-23(21-12-5-2-6-13-21)19-18-22(20-10-3-1-4-11-20)29(30)25-15-9-17-27-28(25)24-14-7-8-16-26(24)32-27/h1-19,32H. The molecule has 6 rings (SSSR count). The molecule has 1 aromatic heterocycles. The van der Waals surface area contributed by atoms with Crippen molar-refractivity contribution in [1.82, 2.24) is 4.98 Å². The van der Waals surface area contributed by atoms with E-state index in [0.29, 0.717) is 0 Å². The molecule has 0 aliphatic carbocycles. The fraction of sp³-hybridized carbons (Fsp3) is 0. The van der Waals surface area contributed by atoms with E-state index in [-0.39, 0.29) is 0 Å². The molecular weight excluding hydrogens is 454 g/mol. The first-order valence-corrected chi connectivity index (χ1v) is 11.5. The Morgan fingerprint density at radius 1 is 0.469 bits per heavy atom. The summed E-state index contributed by atoms with van der Waals surface area (Å²) in [7, 11) is 0. The summed E-state index contributed by atoms with van der Waals surface area (Å²) in [5.41, 5.74) is 9.57. The van der Waals surface area contributed by atoms with E-state index in [1.165, 1.54) is 44.2 Å². The Kier molecular flexibility index (Phi) is 4.66. The molecule has 0 fully saturated rings. The van der Waals surface area contributed by atoms with Gasteiger partial charge in [0, 0.05) is 31.8 Å². The molecule has 0 aliphatic heterocycles. The fourth-order valence-corrected chi connectivity index (χ4v) is 5.44. The second-order valence-corrected chi connectivity index (χ2v) is 8.77. The van der Waals surface area contributed by atoms with Crippen LogP contribution in [0.2, 0.25) is 0 Å². The van der Waals surface area contributed by atoms with E-state index in [2.05, 4.69) is 136 Å². The molecule has 1 nitrogen and oxygen atoms in total. The van der Waals surface area contributed by atoms with Gasteiger partial charge in [0.05, 0.1) is 0 Å². The minimum absolute atomic E-state index is 1.11. The Hall–Kier alpha value is -3.62. The van der Waals surface area contributed by atoms with Gasteiger partial charge < -0.3 is 4.98 Å². The van der Waals surface area contributed by atoms with Crippen molar-refractivity contribution in [3.8, 4) is 33.4 Å². The van der Waals surface area contributed by atoms with Crippen LogP contribution in [-0.4, -0.2) is 4.98 Å². The third-order valence-corrected chi connectivity index (χ3v) is 6.93. The highest BCUT2D eigenvalue weighted by Crippen LogP contribution is 2.46. The van der Waals surface area contributed by atoms with Crippen LogP contribution >= 0.6 is 15.9 Å². The second-order valence-electron chi connectivity index (χ2n) is 7.98. The number of benzene rings is 5. The minimum atomic E-state index is 1.11. The van der Waals surface area contributed by atoms with Crippen molar-refractivity contribution in [2.75, 3.05) is 0 Å². The lowest BCUT2D eigenvalue weighted by Crippen LogP contribution is -1.91. The van der Waals surface area contributed by atoms with Crippen LogP contribution in [0, 0.1) is 0 Å². The third-order valence-electron chi connectivity index (χ3n) is 6.11. The van der Waals surface area contributed by atoms with Gasteiger partial charge in [0.15, 0.2) is 0 Å². The van der Waals surface area contributed by atoms with Gasteiger partial charge in [0.1, 0.15) is 0 Å². The molecule has 5 aromatic carbocycles. The zero-order valence-electron chi connectivity index (χ0n) is 17.3. The number of aromatic nitrogens is 1. The van der Waals surface area contributed by atoms with Crippen LogP contribution in [-0.2, 0) is 0 Å². The highest BCUT2D eigenvalue weighted by Gasteiger charge is 2.19. The van der Waals surface area contributed by atoms with Gasteiger partial charge >= 0.3 is 0 Å². The number of nitrogens with one attached hydrogen (secondary N) is 1. The first-order valence-electron chi connectivity index (χ1n) is 10.7. The summed E-state index contributed by atoms with van der Waals surface area (Å²) in [6.07, 6.45) is 0. The Morgan fingerprint density at radius 3 is 1.81 bits per heavy atom. The fourth-order valence-electron chi connectivity index (χ4n) is 4.65. The zero-order valence-corrected chi connectivity index (χ0v) is 18.9. The lowest BCUT2D eigenvalue weighted by Gasteiger charge is -2.17. The van der Waals surface area contributed by atoms with E-state index in [0.717, 1.165) is 15.5 Å². The minimum Gasteiger partial charge on any atom is -0.354 e. The quantitative estimate of drug-likeness (QED) is 0.263. The number of H-pyrrole nitrogens is 1. The monoisotopic (exact) mass is 473 g/mol. The molecule has 0 saturated heterocycles. The molecule has 0 aliphatic rings. The summed E-state index contributed by atoms with van der Waals surface area (Å²) in [5, 5.41) is 2.50. The third kappa shape index (κ3) is 3.07. The van der Waals surface area contributed by atoms with Gasteiger partial charge in [0.2, 0.25) is 0 Å². The molecule has 0 radical (unpaired) electrons. The predicted molar refractivity (Wildman–Crippen MR) is 140 cm³/mol. The zero-order chi connectivity index (χ0) is 21.5. The molecule has 0 bridgehead atoms. The SMILES string of the molecule is Brc1c(-c2ccccc2)ccc(-c2ccccc2)c1-c1cccc2[nH]c3ccccc3c12. The summed E-state index contributed by atoms with van der Waals surface area (Å²) in [5.74, 6) is 0. The van der Waals surface area contributed by atoms with Gasteiger partial charge in [-0.1, -0.05) is 103 Å². The normalized spacial score (nSPS) is 11.3. The lowest BCUT2D eigenvalue weighted by molar-refractivity contribution is 1.53. The number of hydrogen-bond acceptors (Lipinski definition) is 0. The first kappa shape index (κ1) is 19.1. The van der Waals surface area contributed by atoms with Gasteiger partial charge in [-0.2, -0.15) is 0 Å². The number of aromatic amines is 1. The van der Waals surface area contributed by atoms with Crippen LogP contribution in [0.25, 0.3) is 55.2 Å². The number of rotatable bonds is 3. The van der Waals surface area contributed by atoms with E-state index in [1.807, 2.05) is 0 Å². The average Bonchev–Trinajstić information content (AvgIpc) is 3.24. The van der Waals surface area contributed by atoms with E-state index in [4.69, 9.17) is 0 Å². The van der Waals surface area contributed by atoms with Crippen molar-refractivity contribution >= 4 is 37.7 Å². The number of fused-ring (bicyclic) bond motifs is 3. The Labute approximate surface area is 195 Å². The van der Waals surface area contributed by atoms with Gasteiger partial charge in [-0.05, 0) is 55.9 Å². The van der Waals surface area contributed by atoms with Crippen LogP contribution < -0.4 is 0 Å². The van der Waals surface area contributed by atoms with E-state index in [1.54, 1.807) is 0 Å². The van der Waals surface area contributed by atoms with Gasteiger partial charge in [0.25, 0.3) is 0 Å². The van der Waals surface area contributed by atoms with Crippen molar-refractivity contribution in [1.29, 1.82) is 0 Å². The molecule has 1 heterocycles. The largest absolute Gasteiger partial charge is 0.354 e. The molecular formula is C30H20BrN. The maximum atomic E-state index is 4.03. The smallest absolute Gasteiger partial charge is 0.0471 e. The summed E-state index contributed by atoms with van der Waals surface area (Å²) < 4.78 is 1.11. The summed E-state index contributed by atoms with van der Waals surface area (Å²) in [6, 6.07) is 40.8. The van der Waals surface area contributed by atoms with Crippen LogP contribution in [0.1, 0.15) is 0 Å². The molecule has 6 aromatic rings. The van der Waals surface area contributed by atoms with Crippen molar-refractivity contribution < 1.29 is 0 Å². The molecule has 1 N–H and O–H groups in total. The Bertz CT molecular complexity index is 1560. The van der Waals surface area contributed by atoms with Gasteiger partial charge in [-0.25, -0.2) is 0 Å². The van der Waals surface area contributed by atoms with Crippen LogP contribution in [0.5, 0.6) is 0 Å². The molecule has 152 valence electrons.